The number of aromatic amines is 1. The van der Waals surface area contributed by atoms with Crippen LogP contribution in [0.15, 0.2) is 10.9 Å². The highest BCUT2D eigenvalue weighted by Crippen LogP contribution is 2.36. The van der Waals surface area contributed by atoms with Gasteiger partial charge in [-0.05, 0) is 25.8 Å². The Balaban J connectivity index is 2.25. The molecular formula is C16H27N3O2. The highest BCUT2D eigenvalue weighted by molar-refractivity contribution is 5.09. The standard InChI is InChI=1S/C16H27N3O2/c1-3-10-17-12-13-11-14(20)19-15(18-13)16(21-2)8-6-4-5-7-9-16/h11,17H,3-10,12H2,1-2H3,(H,18,19,20). The minimum Gasteiger partial charge on any atom is -0.370 e. The lowest BCUT2D eigenvalue weighted by Crippen LogP contribution is -2.33. The van der Waals surface area contributed by atoms with Gasteiger partial charge in [-0.3, -0.25) is 4.79 Å². The Labute approximate surface area is 126 Å². The number of hydrogen-bond donors (Lipinski definition) is 2. The largest absolute Gasteiger partial charge is 0.370 e. The molecule has 5 nitrogen and oxygen atoms in total. The molecule has 0 atom stereocenters. The van der Waals surface area contributed by atoms with E-state index in [2.05, 4.69) is 22.2 Å². The average Bonchev–Trinajstić information content (AvgIpc) is 2.73. The molecule has 0 bridgehead atoms. The van der Waals surface area contributed by atoms with Gasteiger partial charge in [-0.1, -0.05) is 32.6 Å². The van der Waals surface area contributed by atoms with Crippen LogP contribution < -0.4 is 10.9 Å². The Kier molecular flexibility index (Phi) is 5.94. The third-order valence-corrected chi connectivity index (χ3v) is 4.26. The molecule has 1 aromatic heterocycles. The highest BCUT2D eigenvalue weighted by atomic mass is 16.5. The van der Waals surface area contributed by atoms with Gasteiger partial charge in [0.05, 0.1) is 5.69 Å². The summed E-state index contributed by atoms with van der Waals surface area (Å²) in [6.07, 6.45) is 7.63. The number of rotatable bonds is 6. The Morgan fingerprint density at radius 2 is 2.05 bits per heavy atom. The molecule has 1 aromatic rings. The quantitative estimate of drug-likeness (QED) is 0.624. The normalized spacial score (nSPS) is 18.4. The SMILES string of the molecule is CCCNCc1cc(=O)[nH]c(C2(OC)CCCCCC2)n1. The molecule has 0 aromatic carbocycles. The Bertz CT molecular complexity index is 491. The minimum atomic E-state index is -0.420. The third kappa shape index (κ3) is 4.14. The van der Waals surface area contributed by atoms with Crippen molar-refractivity contribution >= 4 is 0 Å². The van der Waals surface area contributed by atoms with Crippen molar-refractivity contribution in [1.82, 2.24) is 15.3 Å². The van der Waals surface area contributed by atoms with Crippen molar-refractivity contribution in [3.05, 3.63) is 27.9 Å². The second-order valence-corrected chi connectivity index (χ2v) is 5.87. The minimum absolute atomic E-state index is 0.0889. The van der Waals surface area contributed by atoms with E-state index in [9.17, 15) is 4.79 Å². The maximum atomic E-state index is 12.0. The molecule has 0 saturated heterocycles. The van der Waals surface area contributed by atoms with E-state index < -0.39 is 5.60 Å². The molecule has 1 fully saturated rings. The molecule has 0 spiro atoms. The van der Waals surface area contributed by atoms with Gasteiger partial charge in [-0.2, -0.15) is 0 Å². The molecule has 2 N–H and O–H groups in total. The first-order chi connectivity index (χ1) is 10.2. The summed E-state index contributed by atoms with van der Waals surface area (Å²) in [5.41, 5.74) is 0.285. The van der Waals surface area contributed by atoms with Crippen LogP contribution in [0.1, 0.15) is 63.4 Å². The predicted octanol–water partition coefficient (Wildman–Crippen LogP) is 2.47. The van der Waals surface area contributed by atoms with Crippen LogP contribution in [0.4, 0.5) is 0 Å². The molecular weight excluding hydrogens is 266 g/mol. The van der Waals surface area contributed by atoms with E-state index in [1.165, 1.54) is 12.8 Å². The second kappa shape index (κ2) is 7.71. The molecule has 2 rings (SSSR count). The molecule has 1 heterocycles. The summed E-state index contributed by atoms with van der Waals surface area (Å²) in [5.74, 6) is 0.702. The fraction of sp³-hybridized carbons (Fsp3) is 0.750. The molecule has 118 valence electrons. The summed E-state index contributed by atoms with van der Waals surface area (Å²) in [7, 11) is 1.73. The molecule has 1 saturated carbocycles. The molecule has 21 heavy (non-hydrogen) atoms. The summed E-state index contributed by atoms with van der Waals surface area (Å²) < 4.78 is 5.83. The van der Waals surface area contributed by atoms with E-state index in [0.717, 1.165) is 44.3 Å². The summed E-state index contributed by atoms with van der Waals surface area (Å²) >= 11 is 0. The van der Waals surface area contributed by atoms with Crippen molar-refractivity contribution in [1.29, 1.82) is 0 Å². The van der Waals surface area contributed by atoms with Gasteiger partial charge in [0.15, 0.2) is 0 Å². The second-order valence-electron chi connectivity index (χ2n) is 5.87. The number of hydrogen-bond acceptors (Lipinski definition) is 4. The first-order valence-corrected chi connectivity index (χ1v) is 8.07. The zero-order valence-electron chi connectivity index (χ0n) is 13.2. The van der Waals surface area contributed by atoms with Gasteiger partial charge in [-0.15, -0.1) is 0 Å². The van der Waals surface area contributed by atoms with Crippen LogP contribution in [0.3, 0.4) is 0 Å². The molecule has 0 unspecified atom stereocenters. The van der Waals surface area contributed by atoms with Crippen molar-refractivity contribution in [2.24, 2.45) is 0 Å². The third-order valence-electron chi connectivity index (χ3n) is 4.26. The van der Waals surface area contributed by atoms with Crippen LogP contribution in [0.5, 0.6) is 0 Å². The van der Waals surface area contributed by atoms with Crippen LogP contribution in [-0.4, -0.2) is 23.6 Å². The lowest BCUT2D eigenvalue weighted by Gasteiger charge is -2.30. The summed E-state index contributed by atoms with van der Waals surface area (Å²) in [6, 6.07) is 1.58. The predicted molar refractivity (Wildman–Crippen MR) is 83.2 cm³/mol. The molecule has 0 aliphatic heterocycles. The summed E-state index contributed by atoms with van der Waals surface area (Å²) in [6.45, 7) is 3.68. The lowest BCUT2D eigenvalue weighted by atomic mass is 9.93. The number of ether oxygens (including phenoxy) is 1. The molecule has 1 aliphatic carbocycles. The van der Waals surface area contributed by atoms with Gasteiger partial charge in [0.2, 0.25) is 0 Å². The highest BCUT2D eigenvalue weighted by Gasteiger charge is 2.35. The lowest BCUT2D eigenvalue weighted by molar-refractivity contribution is -0.0355. The zero-order chi connectivity index (χ0) is 15.1. The van der Waals surface area contributed by atoms with Gasteiger partial charge in [0.1, 0.15) is 11.4 Å². The van der Waals surface area contributed by atoms with Gasteiger partial charge in [-0.25, -0.2) is 4.98 Å². The van der Waals surface area contributed by atoms with Crippen molar-refractivity contribution in [3.63, 3.8) is 0 Å². The Morgan fingerprint density at radius 3 is 2.67 bits per heavy atom. The topological polar surface area (TPSA) is 67.0 Å². The number of methoxy groups -OCH3 is 1. The van der Waals surface area contributed by atoms with Crippen LogP contribution in [-0.2, 0) is 16.9 Å². The van der Waals surface area contributed by atoms with Crippen molar-refractivity contribution < 1.29 is 4.74 Å². The number of H-pyrrole nitrogens is 1. The van der Waals surface area contributed by atoms with Gasteiger partial charge >= 0.3 is 0 Å². The van der Waals surface area contributed by atoms with E-state index in [1.807, 2.05) is 0 Å². The van der Waals surface area contributed by atoms with E-state index in [4.69, 9.17) is 4.74 Å². The molecule has 1 aliphatic rings. The van der Waals surface area contributed by atoms with Crippen molar-refractivity contribution in [2.75, 3.05) is 13.7 Å². The first-order valence-electron chi connectivity index (χ1n) is 8.07. The zero-order valence-corrected chi connectivity index (χ0v) is 13.2. The smallest absolute Gasteiger partial charge is 0.251 e. The monoisotopic (exact) mass is 293 g/mol. The van der Waals surface area contributed by atoms with Gasteiger partial charge < -0.3 is 15.0 Å². The first kappa shape index (κ1) is 16.2. The fourth-order valence-corrected chi connectivity index (χ4v) is 3.04. The van der Waals surface area contributed by atoms with E-state index in [-0.39, 0.29) is 5.56 Å². The van der Waals surface area contributed by atoms with Crippen LogP contribution >= 0.6 is 0 Å². The molecule has 0 amide bonds. The van der Waals surface area contributed by atoms with Crippen molar-refractivity contribution in [2.45, 2.75) is 64.0 Å². The summed E-state index contributed by atoms with van der Waals surface area (Å²) in [5, 5.41) is 3.30. The van der Waals surface area contributed by atoms with Crippen molar-refractivity contribution in [3.8, 4) is 0 Å². The maximum absolute atomic E-state index is 12.0. The maximum Gasteiger partial charge on any atom is 0.251 e. The fourth-order valence-electron chi connectivity index (χ4n) is 3.04. The van der Waals surface area contributed by atoms with E-state index >= 15 is 0 Å². The Morgan fingerprint density at radius 1 is 1.33 bits per heavy atom. The molecule has 0 radical (unpaired) electrons. The van der Waals surface area contributed by atoms with Crippen LogP contribution in [0.2, 0.25) is 0 Å². The van der Waals surface area contributed by atoms with E-state index in [1.54, 1.807) is 13.2 Å². The average molecular weight is 293 g/mol. The number of nitrogens with one attached hydrogen (secondary N) is 2. The number of nitrogens with zero attached hydrogens (tertiary/aromatic N) is 1. The Hall–Kier alpha value is -1.20. The van der Waals surface area contributed by atoms with Crippen LogP contribution in [0.25, 0.3) is 0 Å². The number of aromatic nitrogens is 2. The van der Waals surface area contributed by atoms with Gasteiger partial charge in [0, 0.05) is 19.7 Å². The van der Waals surface area contributed by atoms with Gasteiger partial charge in [0.25, 0.3) is 5.56 Å². The van der Waals surface area contributed by atoms with Crippen LogP contribution in [0, 0.1) is 0 Å². The molecule has 5 heteroatoms. The van der Waals surface area contributed by atoms with E-state index in [0.29, 0.717) is 12.4 Å². The summed E-state index contributed by atoms with van der Waals surface area (Å²) in [4.78, 5) is 19.5.